The molecule has 1 aromatic heterocycles. The Balaban J connectivity index is 1.95. The van der Waals surface area contributed by atoms with E-state index in [-0.39, 0.29) is 5.78 Å². The molecule has 1 nitrogen and oxygen atoms in total. The zero-order chi connectivity index (χ0) is 11.0. The van der Waals surface area contributed by atoms with Crippen LogP contribution in [0.1, 0.15) is 18.4 Å². The van der Waals surface area contributed by atoms with E-state index in [0.717, 1.165) is 12.8 Å². The van der Waals surface area contributed by atoms with Crippen LogP contribution in [0.25, 0.3) is 10.1 Å². The third-order valence-electron chi connectivity index (χ3n) is 3.04. The summed E-state index contributed by atoms with van der Waals surface area (Å²) >= 11 is 1.79. The maximum absolute atomic E-state index is 11.2. The smallest absolute Gasteiger partial charge is 0.155 e. The molecule has 1 aliphatic carbocycles. The zero-order valence-corrected chi connectivity index (χ0v) is 9.72. The molecule has 0 amide bonds. The molecule has 0 radical (unpaired) electrons. The van der Waals surface area contributed by atoms with E-state index in [1.54, 1.807) is 11.3 Å². The minimum Gasteiger partial charge on any atom is -0.295 e. The maximum atomic E-state index is 11.2. The van der Waals surface area contributed by atoms with Crippen molar-refractivity contribution in [2.45, 2.75) is 19.3 Å². The molecule has 1 aromatic carbocycles. The molecule has 0 bridgehead atoms. The monoisotopic (exact) mass is 228 g/mol. The summed E-state index contributed by atoms with van der Waals surface area (Å²) in [6, 6.07) is 8.46. The molecule has 0 saturated carbocycles. The van der Waals surface area contributed by atoms with Crippen LogP contribution in [-0.4, -0.2) is 5.78 Å². The molecule has 16 heavy (non-hydrogen) atoms. The number of fused-ring (bicyclic) bond motifs is 1. The minimum atomic E-state index is 0.287. The number of thiophene rings is 1. The van der Waals surface area contributed by atoms with Crippen molar-refractivity contribution >= 4 is 27.2 Å². The van der Waals surface area contributed by atoms with Gasteiger partial charge < -0.3 is 0 Å². The fourth-order valence-electron chi connectivity index (χ4n) is 2.21. The average molecular weight is 228 g/mol. The van der Waals surface area contributed by atoms with E-state index in [4.69, 9.17) is 0 Å². The number of rotatable bonds is 2. The van der Waals surface area contributed by atoms with E-state index in [0.29, 0.717) is 6.42 Å². The Morgan fingerprint density at radius 2 is 2.06 bits per heavy atom. The van der Waals surface area contributed by atoms with Crippen molar-refractivity contribution in [3.63, 3.8) is 0 Å². The first kappa shape index (κ1) is 9.79. The summed E-state index contributed by atoms with van der Waals surface area (Å²) in [7, 11) is 0. The van der Waals surface area contributed by atoms with Gasteiger partial charge in [-0.1, -0.05) is 23.8 Å². The molecule has 2 aromatic rings. The molecule has 0 atom stereocenters. The van der Waals surface area contributed by atoms with Crippen molar-refractivity contribution in [2.24, 2.45) is 0 Å². The Bertz CT molecular complexity index is 577. The van der Waals surface area contributed by atoms with Crippen LogP contribution < -0.4 is 0 Å². The second-order valence-corrected chi connectivity index (χ2v) is 5.11. The average Bonchev–Trinajstić information content (AvgIpc) is 2.87. The van der Waals surface area contributed by atoms with Gasteiger partial charge in [-0.15, -0.1) is 11.3 Å². The first-order valence-electron chi connectivity index (χ1n) is 5.50. The Morgan fingerprint density at radius 3 is 2.88 bits per heavy atom. The molecule has 1 aliphatic rings. The van der Waals surface area contributed by atoms with Crippen molar-refractivity contribution in [2.75, 3.05) is 0 Å². The molecule has 2 heteroatoms. The van der Waals surface area contributed by atoms with Gasteiger partial charge in [0.15, 0.2) is 5.78 Å². The van der Waals surface area contributed by atoms with Gasteiger partial charge in [-0.05, 0) is 41.3 Å². The second kappa shape index (κ2) is 3.87. The number of carbonyl (C=O) groups excluding carboxylic acids is 1. The first-order valence-corrected chi connectivity index (χ1v) is 6.38. The highest BCUT2D eigenvalue weighted by atomic mass is 32.1. The predicted octanol–water partition coefficient (Wildman–Crippen LogP) is 3.73. The Hall–Kier alpha value is -1.41. The highest BCUT2D eigenvalue weighted by Gasteiger charge is 2.13. The number of ketones is 1. The lowest BCUT2D eigenvalue weighted by atomic mass is 10.0. The zero-order valence-electron chi connectivity index (χ0n) is 8.90. The Labute approximate surface area is 98.4 Å². The van der Waals surface area contributed by atoms with Gasteiger partial charge >= 0.3 is 0 Å². The highest BCUT2D eigenvalue weighted by Crippen LogP contribution is 2.29. The molecule has 3 rings (SSSR count). The van der Waals surface area contributed by atoms with Crippen LogP contribution in [0.3, 0.4) is 0 Å². The van der Waals surface area contributed by atoms with Gasteiger partial charge in [-0.3, -0.25) is 4.79 Å². The fraction of sp³-hybridized carbons (Fsp3) is 0.214. The molecular weight excluding hydrogens is 216 g/mol. The minimum absolute atomic E-state index is 0.287. The SMILES string of the molecule is O=C1C=C(Cc2csc3ccccc23)CC1. The Morgan fingerprint density at radius 1 is 1.19 bits per heavy atom. The van der Waals surface area contributed by atoms with Crippen LogP contribution in [0.2, 0.25) is 0 Å². The van der Waals surface area contributed by atoms with Crippen LogP contribution >= 0.6 is 11.3 Å². The summed E-state index contributed by atoms with van der Waals surface area (Å²) in [6.45, 7) is 0. The Kier molecular flexibility index (Phi) is 2.37. The van der Waals surface area contributed by atoms with E-state index < -0.39 is 0 Å². The number of allylic oxidation sites excluding steroid dienone is 2. The normalized spacial score (nSPS) is 15.8. The van der Waals surface area contributed by atoms with Crippen LogP contribution in [-0.2, 0) is 11.2 Å². The predicted molar refractivity (Wildman–Crippen MR) is 67.9 cm³/mol. The van der Waals surface area contributed by atoms with Crippen LogP contribution in [0, 0.1) is 0 Å². The van der Waals surface area contributed by atoms with E-state index >= 15 is 0 Å². The van der Waals surface area contributed by atoms with Crippen molar-refractivity contribution in [1.82, 2.24) is 0 Å². The standard InChI is InChI=1S/C14H12OS/c15-12-6-5-10(8-12)7-11-9-16-14-4-2-1-3-13(11)14/h1-4,8-9H,5-7H2. The van der Waals surface area contributed by atoms with E-state index in [1.807, 2.05) is 6.08 Å². The summed E-state index contributed by atoms with van der Waals surface area (Å²) < 4.78 is 1.34. The van der Waals surface area contributed by atoms with Crippen LogP contribution in [0.5, 0.6) is 0 Å². The maximum Gasteiger partial charge on any atom is 0.155 e. The van der Waals surface area contributed by atoms with Gasteiger partial charge in [-0.25, -0.2) is 0 Å². The molecule has 0 N–H and O–H groups in total. The van der Waals surface area contributed by atoms with E-state index in [9.17, 15) is 4.79 Å². The highest BCUT2D eigenvalue weighted by molar-refractivity contribution is 7.17. The first-order chi connectivity index (χ1) is 7.83. The third kappa shape index (κ3) is 1.69. The van der Waals surface area contributed by atoms with Crippen LogP contribution in [0.15, 0.2) is 41.3 Å². The lowest BCUT2D eigenvalue weighted by molar-refractivity contribution is -0.114. The number of carbonyl (C=O) groups is 1. The molecule has 0 aliphatic heterocycles. The van der Waals surface area contributed by atoms with Gasteiger partial charge in [0.2, 0.25) is 0 Å². The molecule has 0 saturated heterocycles. The molecule has 0 unspecified atom stereocenters. The summed E-state index contributed by atoms with van der Waals surface area (Å²) in [4.78, 5) is 11.2. The van der Waals surface area contributed by atoms with Gasteiger partial charge in [0.25, 0.3) is 0 Å². The number of hydrogen-bond acceptors (Lipinski definition) is 2. The van der Waals surface area contributed by atoms with Crippen molar-refractivity contribution in [3.05, 3.63) is 46.9 Å². The van der Waals surface area contributed by atoms with E-state index in [2.05, 4.69) is 29.6 Å². The van der Waals surface area contributed by atoms with Crippen molar-refractivity contribution in [1.29, 1.82) is 0 Å². The van der Waals surface area contributed by atoms with E-state index in [1.165, 1.54) is 21.2 Å². The summed E-state index contributed by atoms with van der Waals surface area (Å²) in [5.74, 6) is 0.287. The summed E-state index contributed by atoms with van der Waals surface area (Å²) in [6.07, 6.45) is 4.42. The second-order valence-electron chi connectivity index (χ2n) is 4.20. The van der Waals surface area contributed by atoms with Gasteiger partial charge in [0, 0.05) is 11.1 Å². The number of benzene rings is 1. The third-order valence-corrected chi connectivity index (χ3v) is 4.05. The molecule has 0 spiro atoms. The lowest BCUT2D eigenvalue weighted by Crippen LogP contribution is -1.85. The van der Waals surface area contributed by atoms with Crippen molar-refractivity contribution < 1.29 is 4.79 Å². The van der Waals surface area contributed by atoms with Crippen LogP contribution in [0.4, 0.5) is 0 Å². The molecule has 80 valence electrons. The summed E-state index contributed by atoms with van der Waals surface area (Å²) in [5, 5.41) is 3.56. The summed E-state index contributed by atoms with van der Waals surface area (Å²) in [5.41, 5.74) is 2.65. The lowest BCUT2D eigenvalue weighted by Gasteiger charge is -1.99. The fourth-order valence-corrected chi connectivity index (χ4v) is 3.17. The topological polar surface area (TPSA) is 17.1 Å². The number of hydrogen-bond donors (Lipinski definition) is 0. The molecular formula is C14H12OS. The largest absolute Gasteiger partial charge is 0.295 e. The van der Waals surface area contributed by atoms with Gasteiger partial charge in [0.05, 0.1) is 0 Å². The quantitative estimate of drug-likeness (QED) is 0.765. The van der Waals surface area contributed by atoms with Gasteiger partial charge in [-0.2, -0.15) is 0 Å². The van der Waals surface area contributed by atoms with Crippen molar-refractivity contribution in [3.8, 4) is 0 Å². The molecule has 0 fully saturated rings. The van der Waals surface area contributed by atoms with Gasteiger partial charge in [0.1, 0.15) is 0 Å². The molecule has 1 heterocycles.